The first-order chi connectivity index (χ1) is 8.22. The van der Waals surface area contributed by atoms with Gasteiger partial charge >= 0.3 is 0 Å². The zero-order valence-corrected chi connectivity index (χ0v) is 9.90. The highest BCUT2D eigenvalue weighted by atomic mass is 32.1. The predicted molar refractivity (Wildman–Crippen MR) is 67.4 cm³/mol. The first-order valence-corrected chi connectivity index (χ1v) is 5.41. The largest absolute Gasteiger partial charge is 0.470 e. The smallest absolute Gasteiger partial charge is 0.297 e. The molecule has 0 fully saturated rings. The van der Waals surface area contributed by atoms with Crippen LogP contribution in [0.25, 0.3) is 10.9 Å². The molecule has 88 valence electrons. The molecular formula is C10H10N4O2S. The summed E-state index contributed by atoms with van der Waals surface area (Å²) >= 11 is 4.86. The van der Waals surface area contributed by atoms with Crippen LogP contribution in [0.15, 0.2) is 29.1 Å². The topological polar surface area (TPSA) is 69.0 Å². The first-order valence-electron chi connectivity index (χ1n) is 5.01. The van der Waals surface area contributed by atoms with Gasteiger partial charge in [-0.3, -0.25) is 4.79 Å². The van der Waals surface area contributed by atoms with Crippen molar-refractivity contribution in [2.24, 2.45) is 0 Å². The summed E-state index contributed by atoms with van der Waals surface area (Å²) in [6.45, 7) is 2.21. The molecular weight excluding hydrogens is 240 g/mol. The zero-order valence-electron chi connectivity index (χ0n) is 9.08. The molecule has 0 radical (unpaired) electrons. The van der Waals surface area contributed by atoms with Crippen LogP contribution in [-0.4, -0.2) is 26.9 Å². The van der Waals surface area contributed by atoms with Gasteiger partial charge in [0.25, 0.3) is 10.7 Å². The molecule has 2 aromatic rings. The Morgan fingerprint density at radius 1 is 1.53 bits per heavy atom. The quantitative estimate of drug-likeness (QED) is 0.789. The second kappa shape index (κ2) is 4.88. The van der Waals surface area contributed by atoms with Crippen LogP contribution in [0.5, 0.6) is 0 Å². The van der Waals surface area contributed by atoms with Crippen molar-refractivity contribution < 1.29 is 4.74 Å². The van der Waals surface area contributed by atoms with Crippen molar-refractivity contribution in [3.05, 3.63) is 34.6 Å². The van der Waals surface area contributed by atoms with Gasteiger partial charge in [-0.1, -0.05) is 12.1 Å². The first kappa shape index (κ1) is 11.5. The Labute approximate surface area is 102 Å². The number of thiocarbonyl (C=S) groups is 1. The van der Waals surface area contributed by atoms with Gasteiger partial charge in [0.05, 0.1) is 12.0 Å². The molecule has 1 aromatic carbocycles. The minimum absolute atomic E-state index is 0.0826. The number of fused-ring (bicyclic) bond motifs is 1. The molecule has 0 aliphatic rings. The number of benzene rings is 1. The normalized spacial score (nSPS) is 10.2. The van der Waals surface area contributed by atoms with Crippen LogP contribution in [-0.2, 0) is 4.74 Å². The summed E-state index contributed by atoms with van der Waals surface area (Å²) in [7, 11) is 0. The molecule has 1 aromatic heterocycles. The van der Waals surface area contributed by atoms with Crippen LogP contribution in [0.2, 0.25) is 0 Å². The number of aromatic nitrogens is 3. The number of rotatable bonds is 2. The minimum atomic E-state index is -0.322. The summed E-state index contributed by atoms with van der Waals surface area (Å²) in [5, 5.41) is 8.14. The monoisotopic (exact) mass is 250 g/mol. The van der Waals surface area contributed by atoms with Gasteiger partial charge < -0.3 is 4.74 Å². The Morgan fingerprint density at radius 2 is 2.29 bits per heavy atom. The Bertz CT molecular complexity index is 611. The highest BCUT2D eigenvalue weighted by Crippen LogP contribution is 2.02. The van der Waals surface area contributed by atoms with E-state index in [9.17, 15) is 4.79 Å². The zero-order chi connectivity index (χ0) is 12.3. The highest BCUT2D eigenvalue weighted by Gasteiger charge is 2.05. The summed E-state index contributed by atoms with van der Waals surface area (Å²) in [5.41, 5.74) is 2.76. The van der Waals surface area contributed by atoms with Gasteiger partial charge in [-0.25, -0.2) is 5.43 Å². The molecule has 1 N–H and O–H groups in total. The fourth-order valence-electron chi connectivity index (χ4n) is 1.31. The van der Waals surface area contributed by atoms with E-state index in [0.717, 1.165) is 4.79 Å². The lowest BCUT2D eigenvalue weighted by molar-refractivity contribution is 0.330. The Balaban J connectivity index is 2.39. The molecule has 0 aliphatic heterocycles. The predicted octanol–water partition coefficient (Wildman–Crippen LogP) is 0.656. The van der Waals surface area contributed by atoms with Crippen LogP contribution in [0, 0.1) is 0 Å². The molecule has 0 bridgehead atoms. The maximum atomic E-state index is 12.0. The third-order valence-electron chi connectivity index (χ3n) is 2.04. The van der Waals surface area contributed by atoms with Crippen molar-refractivity contribution in [2.45, 2.75) is 6.92 Å². The molecule has 17 heavy (non-hydrogen) atoms. The van der Waals surface area contributed by atoms with E-state index in [1.165, 1.54) is 0 Å². The van der Waals surface area contributed by atoms with Crippen molar-refractivity contribution in [1.29, 1.82) is 0 Å². The van der Waals surface area contributed by atoms with Crippen molar-refractivity contribution in [3.63, 3.8) is 0 Å². The third-order valence-corrected chi connectivity index (χ3v) is 2.25. The van der Waals surface area contributed by atoms with Crippen LogP contribution in [0.3, 0.4) is 0 Å². The van der Waals surface area contributed by atoms with E-state index < -0.39 is 0 Å². The van der Waals surface area contributed by atoms with Crippen LogP contribution in [0.4, 0.5) is 0 Å². The highest BCUT2D eigenvalue weighted by molar-refractivity contribution is 7.80. The van der Waals surface area contributed by atoms with Gasteiger partial charge in [-0.05, 0) is 36.5 Å². The van der Waals surface area contributed by atoms with Gasteiger partial charge in [0.15, 0.2) is 0 Å². The molecule has 0 unspecified atom stereocenters. The molecule has 0 aliphatic carbocycles. The van der Waals surface area contributed by atoms with Gasteiger partial charge in [0, 0.05) is 0 Å². The molecule has 2 rings (SSSR count). The van der Waals surface area contributed by atoms with Crippen molar-refractivity contribution in [1.82, 2.24) is 15.1 Å². The van der Waals surface area contributed by atoms with Crippen molar-refractivity contribution in [3.8, 4) is 0 Å². The summed E-state index contributed by atoms with van der Waals surface area (Å²) in [4.78, 5) is 12.9. The Hall–Kier alpha value is -2.02. The second-order valence-electron chi connectivity index (χ2n) is 3.16. The third kappa shape index (κ3) is 2.39. The lowest BCUT2D eigenvalue weighted by atomic mass is 10.2. The number of hydrogen-bond acceptors (Lipinski definition) is 5. The molecule has 0 amide bonds. The van der Waals surface area contributed by atoms with E-state index in [-0.39, 0.29) is 10.7 Å². The van der Waals surface area contributed by atoms with Crippen LogP contribution in [0.1, 0.15) is 6.92 Å². The molecule has 0 saturated carbocycles. The SMILES string of the molecule is CCOC(=S)Nn1nnc2ccccc2c1=O. The summed E-state index contributed by atoms with van der Waals surface area (Å²) in [5.74, 6) is 0. The average Bonchev–Trinajstić information content (AvgIpc) is 2.33. The Morgan fingerprint density at radius 3 is 3.06 bits per heavy atom. The van der Waals surface area contributed by atoms with Gasteiger partial charge in [0.2, 0.25) is 0 Å². The van der Waals surface area contributed by atoms with Gasteiger partial charge in [-0.15, -0.1) is 9.89 Å². The van der Waals surface area contributed by atoms with Gasteiger partial charge in [-0.2, -0.15) is 0 Å². The average molecular weight is 250 g/mol. The molecule has 7 heteroatoms. The minimum Gasteiger partial charge on any atom is -0.470 e. The fourth-order valence-corrected chi connectivity index (χ4v) is 1.52. The number of ether oxygens (including phenoxy) is 1. The van der Waals surface area contributed by atoms with Gasteiger partial charge in [0.1, 0.15) is 5.52 Å². The summed E-state index contributed by atoms with van der Waals surface area (Å²) in [6, 6.07) is 6.94. The number of nitrogens with one attached hydrogen (secondary N) is 1. The van der Waals surface area contributed by atoms with Crippen LogP contribution >= 0.6 is 12.2 Å². The standard InChI is InChI=1S/C10H10N4O2S/c1-2-16-10(17)12-14-9(15)7-5-3-4-6-8(7)11-13-14/h3-6H,2H2,1H3,(H,12,17). The van der Waals surface area contributed by atoms with E-state index in [0.29, 0.717) is 17.5 Å². The van der Waals surface area contributed by atoms with Crippen LogP contribution < -0.4 is 11.0 Å². The maximum absolute atomic E-state index is 12.0. The number of nitrogens with zero attached hydrogens (tertiary/aromatic N) is 3. The summed E-state index contributed by atoms with van der Waals surface area (Å²) < 4.78 is 5.01. The number of hydrogen-bond donors (Lipinski definition) is 1. The molecule has 0 spiro atoms. The van der Waals surface area contributed by atoms with E-state index in [2.05, 4.69) is 15.7 Å². The lowest BCUT2D eigenvalue weighted by Crippen LogP contribution is -2.36. The van der Waals surface area contributed by atoms with E-state index >= 15 is 0 Å². The summed E-state index contributed by atoms with van der Waals surface area (Å²) in [6.07, 6.45) is 0. The van der Waals surface area contributed by atoms with Crippen molar-refractivity contribution in [2.75, 3.05) is 12.0 Å². The fraction of sp³-hybridized carbons (Fsp3) is 0.200. The molecule has 6 nitrogen and oxygen atoms in total. The van der Waals surface area contributed by atoms with E-state index in [1.807, 2.05) is 0 Å². The maximum Gasteiger partial charge on any atom is 0.297 e. The lowest BCUT2D eigenvalue weighted by Gasteiger charge is -2.08. The van der Waals surface area contributed by atoms with Crippen molar-refractivity contribution >= 4 is 28.3 Å². The molecule has 1 heterocycles. The second-order valence-corrected chi connectivity index (χ2v) is 3.53. The van der Waals surface area contributed by atoms with E-state index in [4.69, 9.17) is 17.0 Å². The van der Waals surface area contributed by atoms with E-state index in [1.54, 1.807) is 31.2 Å². The molecule has 0 saturated heterocycles. The molecule has 0 atom stereocenters. The Kier molecular flexibility index (Phi) is 3.29.